The van der Waals surface area contributed by atoms with Crippen LogP contribution in [-0.2, 0) is 17.8 Å². The first-order valence-corrected chi connectivity index (χ1v) is 10.1. The van der Waals surface area contributed by atoms with E-state index in [1.807, 2.05) is 18.2 Å². The van der Waals surface area contributed by atoms with Crippen LogP contribution in [0.5, 0.6) is 5.75 Å². The molecule has 0 fully saturated rings. The second-order valence-electron chi connectivity index (χ2n) is 7.00. The summed E-state index contributed by atoms with van der Waals surface area (Å²) in [5, 5.41) is 21.2. The van der Waals surface area contributed by atoms with Crippen LogP contribution in [0.2, 0.25) is 0 Å². The summed E-state index contributed by atoms with van der Waals surface area (Å²) in [6.45, 7) is 2.26. The Balaban J connectivity index is 1.74. The highest BCUT2D eigenvalue weighted by Gasteiger charge is 2.12. The minimum atomic E-state index is -0.989. The first kappa shape index (κ1) is 22.3. The molecule has 0 heterocycles. The van der Waals surface area contributed by atoms with Crippen molar-refractivity contribution in [2.45, 2.75) is 20.0 Å². The first-order chi connectivity index (χ1) is 15.5. The molecule has 3 aromatic carbocycles. The van der Waals surface area contributed by atoms with Crippen LogP contribution in [0.1, 0.15) is 34.0 Å². The molecule has 3 aromatic rings. The fourth-order valence-electron chi connectivity index (χ4n) is 2.96. The van der Waals surface area contributed by atoms with Gasteiger partial charge in [-0.25, -0.2) is 4.79 Å². The predicted molar refractivity (Wildman–Crippen MR) is 122 cm³/mol. The van der Waals surface area contributed by atoms with Gasteiger partial charge in [-0.3, -0.25) is 4.79 Å². The number of hydrogen-bond acceptors (Lipinski definition) is 4. The number of ether oxygens (including phenoxy) is 1. The van der Waals surface area contributed by atoms with E-state index < -0.39 is 11.9 Å². The van der Waals surface area contributed by atoms with Crippen LogP contribution in [-0.4, -0.2) is 17.0 Å². The summed E-state index contributed by atoms with van der Waals surface area (Å²) in [4.78, 5) is 23.6. The van der Waals surface area contributed by atoms with Gasteiger partial charge in [0.25, 0.3) is 5.91 Å². The van der Waals surface area contributed by atoms with Crippen LogP contribution < -0.4 is 10.1 Å². The molecule has 2 N–H and O–H groups in total. The number of carboxylic acids is 1. The minimum absolute atomic E-state index is 0.0496. The van der Waals surface area contributed by atoms with Crippen molar-refractivity contribution in [2.75, 3.05) is 5.32 Å². The number of anilines is 1. The highest BCUT2D eigenvalue weighted by molar-refractivity contribution is 6.09. The summed E-state index contributed by atoms with van der Waals surface area (Å²) in [6.07, 6.45) is 2.39. The van der Waals surface area contributed by atoms with Crippen molar-refractivity contribution in [3.05, 3.63) is 101 Å². The van der Waals surface area contributed by atoms with Crippen molar-refractivity contribution >= 4 is 23.6 Å². The minimum Gasteiger partial charge on any atom is -0.488 e. The van der Waals surface area contributed by atoms with Gasteiger partial charge in [-0.2, -0.15) is 5.26 Å². The van der Waals surface area contributed by atoms with Crippen molar-refractivity contribution in [1.82, 2.24) is 0 Å². The molecule has 0 aliphatic rings. The van der Waals surface area contributed by atoms with Gasteiger partial charge in [0.05, 0.1) is 5.56 Å². The Hall–Kier alpha value is -4.37. The molecule has 3 rings (SSSR count). The Morgan fingerprint density at radius 3 is 2.28 bits per heavy atom. The van der Waals surface area contributed by atoms with Gasteiger partial charge in [-0.1, -0.05) is 49.4 Å². The molecule has 0 saturated carbocycles. The van der Waals surface area contributed by atoms with Crippen molar-refractivity contribution in [3.8, 4) is 11.8 Å². The van der Waals surface area contributed by atoms with E-state index >= 15 is 0 Å². The molecule has 0 saturated heterocycles. The Kier molecular flexibility index (Phi) is 7.39. The standard InChI is InChI=1S/C26H22N2O4/c1-2-18-9-13-23(14-10-18)28-25(29)22(16-27)15-21-5-3-4-6-24(21)32-17-19-7-11-20(12-8-19)26(30)31/h3-15H,2,17H2,1H3,(H,28,29)(H,30,31)/b22-15+. The number of aromatic carboxylic acids is 1. The molecule has 0 radical (unpaired) electrons. The van der Waals surface area contributed by atoms with Crippen LogP contribution in [0.4, 0.5) is 5.69 Å². The molecular weight excluding hydrogens is 404 g/mol. The lowest BCUT2D eigenvalue weighted by molar-refractivity contribution is -0.112. The second-order valence-corrected chi connectivity index (χ2v) is 7.00. The zero-order valence-electron chi connectivity index (χ0n) is 17.5. The van der Waals surface area contributed by atoms with E-state index in [9.17, 15) is 14.9 Å². The summed E-state index contributed by atoms with van der Waals surface area (Å²) in [7, 11) is 0. The van der Waals surface area contributed by atoms with Crippen molar-refractivity contribution in [1.29, 1.82) is 5.26 Å². The van der Waals surface area contributed by atoms with Crippen molar-refractivity contribution < 1.29 is 19.4 Å². The van der Waals surface area contributed by atoms with E-state index in [0.717, 1.165) is 17.5 Å². The van der Waals surface area contributed by atoms with E-state index in [-0.39, 0.29) is 17.7 Å². The summed E-state index contributed by atoms with van der Waals surface area (Å²) in [5.74, 6) is -0.991. The molecule has 6 heteroatoms. The smallest absolute Gasteiger partial charge is 0.335 e. The molecular formula is C26H22N2O4. The Morgan fingerprint density at radius 2 is 1.66 bits per heavy atom. The fraction of sp³-hybridized carbons (Fsp3) is 0.115. The summed E-state index contributed by atoms with van der Waals surface area (Å²) in [6, 6.07) is 22.9. The summed E-state index contributed by atoms with van der Waals surface area (Å²) < 4.78 is 5.86. The van der Waals surface area contributed by atoms with Gasteiger partial charge in [0.1, 0.15) is 24.0 Å². The van der Waals surface area contributed by atoms with Crippen LogP contribution in [0.25, 0.3) is 6.08 Å². The van der Waals surface area contributed by atoms with Crippen LogP contribution in [0.3, 0.4) is 0 Å². The van der Waals surface area contributed by atoms with Gasteiger partial charge in [0.2, 0.25) is 0 Å². The third kappa shape index (κ3) is 5.83. The molecule has 0 aliphatic heterocycles. The molecule has 160 valence electrons. The number of carboxylic acid groups (broad SMARTS) is 1. The fourth-order valence-corrected chi connectivity index (χ4v) is 2.96. The number of nitriles is 1. The zero-order chi connectivity index (χ0) is 22.9. The van der Waals surface area contributed by atoms with Crippen molar-refractivity contribution in [3.63, 3.8) is 0 Å². The second kappa shape index (κ2) is 10.6. The summed E-state index contributed by atoms with van der Waals surface area (Å²) >= 11 is 0. The highest BCUT2D eigenvalue weighted by Crippen LogP contribution is 2.23. The number of carbonyl (C=O) groups excluding carboxylic acids is 1. The zero-order valence-corrected chi connectivity index (χ0v) is 17.5. The molecule has 1 amide bonds. The summed E-state index contributed by atoms with van der Waals surface area (Å²) in [5.41, 5.74) is 3.30. The molecule has 6 nitrogen and oxygen atoms in total. The lowest BCUT2D eigenvalue weighted by atomic mass is 10.1. The lowest BCUT2D eigenvalue weighted by Gasteiger charge is -2.10. The SMILES string of the molecule is CCc1ccc(NC(=O)/C(C#N)=C/c2ccccc2OCc2ccc(C(=O)O)cc2)cc1. The quantitative estimate of drug-likeness (QED) is 0.387. The Bertz CT molecular complexity index is 1170. The number of aryl methyl sites for hydroxylation is 1. The highest BCUT2D eigenvalue weighted by atomic mass is 16.5. The Labute approximate surface area is 186 Å². The number of rotatable bonds is 8. The number of para-hydroxylation sites is 1. The lowest BCUT2D eigenvalue weighted by Crippen LogP contribution is -2.13. The average molecular weight is 426 g/mol. The third-order valence-electron chi connectivity index (χ3n) is 4.80. The number of carbonyl (C=O) groups is 2. The topological polar surface area (TPSA) is 99.4 Å². The molecule has 0 spiro atoms. The maximum absolute atomic E-state index is 12.6. The number of hydrogen-bond donors (Lipinski definition) is 2. The molecule has 0 aromatic heterocycles. The monoisotopic (exact) mass is 426 g/mol. The van der Waals surface area contributed by atoms with Gasteiger partial charge in [0.15, 0.2) is 0 Å². The average Bonchev–Trinajstić information content (AvgIpc) is 2.82. The van der Waals surface area contributed by atoms with Gasteiger partial charge < -0.3 is 15.2 Å². The maximum atomic E-state index is 12.6. The maximum Gasteiger partial charge on any atom is 0.335 e. The van der Waals surface area contributed by atoms with E-state index in [1.54, 1.807) is 48.5 Å². The number of nitrogens with zero attached hydrogens (tertiary/aromatic N) is 1. The van der Waals surface area contributed by atoms with Crippen molar-refractivity contribution in [2.24, 2.45) is 0 Å². The molecule has 0 atom stereocenters. The third-order valence-corrected chi connectivity index (χ3v) is 4.80. The molecule has 0 aliphatic carbocycles. The normalized spacial score (nSPS) is 10.8. The van der Waals surface area contributed by atoms with E-state index in [2.05, 4.69) is 12.2 Å². The largest absolute Gasteiger partial charge is 0.488 e. The van der Waals surface area contributed by atoms with Gasteiger partial charge >= 0.3 is 5.97 Å². The van der Waals surface area contributed by atoms with Crippen LogP contribution >= 0.6 is 0 Å². The van der Waals surface area contributed by atoms with Crippen LogP contribution in [0.15, 0.2) is 78.4 Å². The molecule has 0 bridgehead atoms. The predicted octanol–water partition coefficient (Wildman–Crippen LogP) is 5.07. The Morgan fingerprint density at radius 1 is 1.00 bits per heavy atom. The number of nitrogens with one attached hydrogen (secondary N) is 1. The molecule has 0 unspecified atom stereocenters. The number of benzene rings is 3. The van der Waals surface area contributed by atoms with E-state index in [0.29, 0.717) is 17.0 Å². The van der Waals surface area contributed by atoms with Gasteiger partial charge in [-0.15, -0.1) is 0 Å². The van der Waals surface area contributed by atoms with Gasteiger partial charge in [-0.05, 0) is 54.0 Å². The molecule has 32 heavy (non-hydrogen) atoms. The number of amides is 1. The van der Waals surface area contributed by atoms with E-state index in [4.69, 9.17) is 9.84 Å². The van der Waals surface area contributed by atoms with Gasteiger partial charge in [0, 0.05) is 11.3 Å². The first-order valence-electron chi connectivity index (χ1n) is 10.1. The van der Waals surface area contributed by atoms with Crippen LogP contribution in [0, 0.1) is 11.3 Å². The van der Waals surface area contributed by atoms with E-state index in [1.165, 1.54) is 18.2 Å².